The van der Waals surface area contributed by atoms with E-state index in [2.05, 4.69) is 6.92 Å². The molecule has 0 aromatic carbocycles. The Balaban J connectivity index is 1.33. The van der Waals surface area contributed by atoms with Gasteiger partial charge in [0.2, 0.25) is 0 Å². The molecule has 21 heavy (non-hydrogen) atoms. The van der Waals surface area contributed by atoms with Gasteiger partial charge in [0.05, 0.1) is 12.2 Å². The Morgan fingerprint density at radius 3 is 1.90 bits per heavy atom. The summed E-state index contributed by atoms with van der Waals surface area (Å²) in [7, 11) is 0. The second kappa shape index (κ2) is 9.84. The molecule has 0 aliphatic heterocycles. The second-order valence-electron chi connectivity index (χ2n) is 7.21. The van der Waals surface area contributed by atoms with Crippen LogP contribution in [0.2, 0.25) is 0 Å². The van der Waals surface area contributed by atoms with Crippen LogP contribution in [0.4, 0.5) is 0 Å². The van der Waals surface area contributed by atoms with Gasteiger partial charge in [-0.25, -0.2) is 5.11 Å². The summed E-state index contributed by atoms with van der Waals surface area (Å²) in [6, 6.07) is 0. The molecule has 0 saturated heterocycles. The molecule has 2 aliphatic carbocycles. The first-order valence-electron chi connectivity index (χ1n) is 9.38. The zero-order valence-corrected chi connectivity index (χ0v) is 13.7. The smallest absolute Gasteiger partial charge is 0.0962 e. The average molecular weight is 294 g/mol. The van der Waals surface area contributed by atoms with Crippen molar-refractivity contribution in [3.05, 3.63) is 6.92 Å². The summed E-state index contributed by atoms with van der Waals surface area (Å²) in [5.41, 5.74) is 0. The molecule has 0 aromatic heterocycles. The van der Waals surface area contributed by atoms with Crippen LogP contribution in [0.3, 0.4) is 0 Å². The van der Waals surface area contributed by atoms with Crippen LogP contribution in [0.15, 0.2) is 0 Å². The van der Waals surface area contributed by atoms with E-state index in [9.17, 15) is 5.11 Å². The maximum Gasteiger partial charge on any atom is 0.0962 e. The molecule has 2 bridgehead atoms. The number of unbranched alkanes of at least 4 members (excludes halogenated alkanes) is 9. The van der Waals surface area contributed by atoms with Gasteiger partial charge < -0.3 is 4.74 Å². The molecule has 0 N–H and O–H groups in total. The fourth-order valence-corrected chi connectivity index (χ4v) is 4.13. The van der Waals surface area contributed by atoms with Crippen molar-refractivity contribution >= 4 is 0 Å². The van der Waals surface area contributed by atoms with Gasteiger partial charge >= 0.3 is 0 Å². The van der Waals surface area contributed by atoms with E-state index < -0.39 is 0 Å². The molecule has 0 spiro atoms. The minimum atomic E-state index is -0.275. The van der Waals surface area contributed by atoms with Crippen molar-refractivity contribution in [1.29, 1.82) is 0 Å². The second-order valence-corrected chi connectivity index (χ2v) is 7.21. The number of rotatable bonds is 12. The Bertz CT molecular complexity index is 264. The first-order chi connectivity index (χ1) is 10.3. The van der Waals surface area contributed by atoms with Crippen LogP contribution in [0.1, 0.15) is 83.5 Å². The van der Waals surface area contributed by atoms with E-state index in [0.29, 0.717) is 17.9 Å². The van der Waals surface area contributed by atoms with Gasteiger partial charge in [0.1, 0.15) is 0 Å². The lowest BCUT2D eigenvalue weighted by Gasteiger charge is -2.24. The number of hydrogen-bond acceptors (Lipinski definition) is 1. The molecule has 0 amide bonds. The molecule has 0 heterocycles. The van der Waals surface area contributed by atoms with Crippen LogP contribution in [0.5, 0.6) is 0 Å². The molecule has 2 aliphatic rings. The van der Waals surface area contributed by atoms with Crippen LogP contribution in [0, 0.1) is 18.8 Å². The van der Waals surface area contributed by atoms with Gasteiger partial charge in [-0.15, -0.1) is 0 Å². The number of fused-ring (bicyclic) bond motifs is 2. The van der Waals surface area contributed by atoms with Gasteiger partial charge in [0.25, 0.3) is 0 Å². The predicted octanol–water partition coefficient (Wildman–Crippen LogP) is 5.34. The van der Waals surface area contributed by atoms with Crippen LogP contribution in [0.25, 0.3) is 0 Å². The van der Waals surface area contributed by atoms with E-state index in [4.69, 9.17) is 4.74 Å². The Morgan fingerprint density at radius 1 is 0.762 bits per heavy atom. The molecule has 4 unspecified atom stereocenters. The maximum absolute atomic E-state index is 11.6. The Kier molecular flexibility index (Phi) is 8.10. The summed E-state index contributed by atoms with van der Waals surface area (Å²) in [4.78, 5) is 0. The Labute approximate surface area is 131 Å². The van der Waals surface area contributed by atoms with Gasteiger partial charge in [0, 0.05) is 6.61 Å². The van der Waals surface area contributed by atoms with Gasteiger partial charge in [-0.1, -0.05) is 64.7 Å². The van der Waals surface area contributed by atoms with Gasteiger partial charge in [-0.2, -0.15) is 0 Å². The first-order valence-corrected chi connectivity index (χ1v) is 9.38. The van der Waals surface area contributed by atoms with Crippen molar-refractivity contribution < 1.29 is 9.84 Å². The van der Waals surface area contributed by atoms with Gasteiger partial charge in [0.15, 0.2) is 0 Å². The van der Waals surface area contributed by atoms with Crippen LogP contribution in [-0.2, 0) is 9.84 Å². The first kappa shape index (κ1) is 17.3. The number of ether oxygens (including phenoxy) is 1. The fraction of sp³-hybridized carbons (Fsp3) is 0.947. The molecule has 2 nitrogen and oxygen atoms in total. The van der Waals surface area contributed by atoms with Crippen molar-refractivity contribution in [2.24, 2.45) is 11.8 Å². The third-order valence-corrected chi connectivity index (χ3v) is 5.45. The third kappa shape index (κ3) is 5.90. The highest BCUT2D eigenvalue weighted by molar-refractivity contribution is 4.95. The lowest BCUT2D eigenvalue weighted by Crippen LogP contribution is -2.27. The summed E-state index contributed by atoms with van der Waals surface area (Å²) in [6.07, 6.45) is 16.4. The van der Waals surface area contributed by atoms with Gasteiger partial charge in [-0.3, -0.25) is 0 Å². The topological polar surface area (TPSA) is 29.1 Å². The largest absolute Gasteiger partial charge is 0.378 e. The van der Waals surface area contributed by atoms with Crippen LogP contribution in [-0.4, -0.2) is 18.8 Å². The third-order valence-electron chi connectivity index (χ3n) is 5.45. The van der Waals surface area contributed by atoms with Crippen molar-refractivity contribution in [3.8, 4) is 0 Å². The van der Waals surface area contributed by atoms with E-state index in [1.807, 2.05) is 0 Å². The highest BCUT2D eigenvalue weighted by Crippen LogP contribution is 2.46. The standard InChI is InChI=1S/C19H34O2/c1-2-3-4-5-6-7-8-9-10-11-12-21-19-15-16-13-17(19)14-18(16)20/h16-19H,1-15H2. The normalized spacial score (nSPS) is 31.1. The monoisotopic (exact) mass is 294 g/mol. The molecular weight excluding hydrogens is 260 g/mol. The minimum absolute atomic E-state index is 0.275. The summed E-state index contributed by atoms with van der Waals surface area (Å²) in [5, 5.41) is 11.6. The van der Waals surface area contributed by atoms with Crippen molar-refractivity contribution in [1.82, 2.24) is 0 Å². The lowest BCUT2D eigenvalue weighted by atomic mass is 9.95. The van der Waals surface area contributed by atoms with E-state index in [1.165, 1.54) is 57.8 Å². The molecule has 2 rings (SSSR count). The zero-order valence-electron chi connectivity index (χ0n) is 13.7. The highest BCUT2D eigenvalue weighted by Gasteiger charge is 2.46. The Hall–Kier alpha value is -0.0800. The lowest BCUT2D eigenvalue weighted by molar-refractivity contribution is -0.0317. The highest BCUT2D eigenvalue weighted by atomic mass is 16.5. The van der Waals surface area contributed by atoms with Crippen molar-refractivity contribution in [2.45, 2.75) is 95.7 Å². The molecule has 0 aromatic rings. The van der Waals surface area contributed by atoms with Crippen molar-refractivity contribution in [3.63, 3.8) is 0 Å². The maximum atomic E-state index is 11.6. The van der Waals surface area contributed by atoms with Crippen molar-refractivity contribution in [2.75, 3.05) is 6.61 Å². The summed E-state index contributed by atoms with van der Waals surface area (Å²) in [5.74, 6) is 1.03. The molecule has 2 fully saturated rings. The molecular formula is C19H34O2. The van der Waals surface area contributed by atoms with Crippen LogP contribution < -0.4 is 0 Å². The average Bonchev–Trinajstić information content (AvgIpc) is 3.03. The summed E-state index contributed by atoms with van der Waals surface area (Å²) >= 11 is 0. The molecule has 2 heteroatoms. The minimum Gasteiger partial charge on any atom is -0.378 e. The Morgan fingerprint density at radius 2 is 1.38 bits per heavy atom. The molecule has 2 saturated carbocycles. The van der Waals surface area contributed by atoms with E-state index in [-0.39, 0.29) is 6.10 Å². The number of hydrogen-bond donors (Lipinski definition) is 0. The molecule has 4 atom stereocenters. The molecule has 122 valence electrons. The molecule has 2 radical (unpaired) electrons. The van der Waals surface area contributed by atoms with E-state index in [0.717, 1.165) is 32.3 Å². The SMILES string of the molecule is [CH2]CCCCCCCCCCCOC1CC2CC1CC2[O]. The fourth-order valence-electron chi connectivity index (χ4n) is 4.13. The zero-order chi connectivity index (χ0) is 14.9. The van der Waals surface area contributed by atoms with Crippen LogP contribution >= 0.6 is 0 Å². The summed E-state index contributed by atoms with van der Waals surface area (Å²) in [6.45, 7) is 4.80. The van der Waals surface area contributed by atoms with E-state index >= 15 is 0 Å². The quantitative estimate of drug-likeness (QED) is 0.447. The summed E-state index contributed by atoms with van der Waals surface area (Å²) < 4.78 is 6.01. The van der Waals surface area contributed by atoms with Gasteiger partial charge in [-0.05, 0) is 37.5 Å². The van der Waals surface area contributed by atoms with E-state index in [1.54, 1.807) is 0 Å². The predicted molar refractivity (Wildman–Crippen MR) is 86.6 cm³/mol.